The molecule has 39 heavy (non-hydrogen) atoms. The molecule has 0 spiro atoms. The number of nitrogens with zero attached hydrogens (tertiary/aromatic N) is 7. The Morgan fingerprint density at radius 2 is 1.95 bits per heavy atom. The minimum Gasteiger partial charge on any atom is -0.358 e. The van der Waals surface area contributed by atoms with Gasteiger partial charge in [-0.3, -0.25) is 9.78 Å². The van der Waals surface area contributed by atoms with Gasteiger partial charge in [0, 0.05) is 60.6 Å². The number of anilines is 1. The molecule has 1 unspecified atom stereocenters. The molecule has 0 saturated carbocycles. The second-order valence-corrected chi connectivity index (χ2v) is 10.4. The van der Waals surface area contributed by atoms with Crippen molar-refractivity contribution in [1.82, 2.24) is 39.3 Å². The summed E-state index contributed by atoms with van der Waals surface area (Å²) in [4.78, 5) is 34.5. The molecule has 1 aliphatic carbocycles. The van der Waals surface area contributed by atoms with Crippen LogP contribution in [0.3, 0.4) is 0 Å². The zero-order valence-electron chi connectivity index (χ0n) is 21.6. The number of benzene rings is 1. The highest BCUT2D eigenvalue weighted by Crippen LogP contribution is 2.31. The molecule has 7 rings (SSSR count). The number of para-hydroxylation sites is 1. The van der Waals surface area contributed by atoms with Gasteiger partial charge >= 0.3 is 0 Å². The van der Waals surface area contributed by atoms with Gasteiger partial charge in [-0.2, -0.15) is 14.6 Å². The van der Waals surface area contributed by atoms with Crippen LogP contribution >= 0.6 is 0 Å². The number of piperazine rings is 1. The summed E-state index contributed by atoms with van der Waals surface area (Å²) >= 11 is 0. The first-order valence-corrected chi connectivity index (χ1v) is 13.2. The number of amides is 1. The molecule has 11 heteroatoms. The van der Waals surface area contributed by atoms with E-state index in [2.05, 4.69) is 48.5 Å². The summed E-state index contributed by atoms with van der Waals surface area (Å²) in [5.41, 5.74) is 4.95. The van der Waals surface area contributed by atoms with Gasteiger partial charge in [0.2, 0.25) is 5.95 Å². The third kappa shape index (κ3) is 4.28. The van der Waals surface area contributed by atoms with Crippen LogP contribution in [0.25, 0.3) is 27.9 Å². The fourth-order valence-electron chi connectivity index (χ4n) is 5.64. The van der Waals surface area contributed by atoms with E-state index in [1.165, 1.54) is 28.9 Å². The molecule has 198 valence electrons. The lowest BCUT2D eigenvalue weighted by molar-refractivity contribution is 0.0666. The Labute approximate surface area is 223 Å². The molecule has 10 nitrogen and oxygen atoms in total. The van der Waals surface area contributed by atoms with Crippen molar-refractivity contribution in [2.45, 2.75) is 25.3 Å². The van der Waals surface area contributed by atoms with E-state index in [-0.39, 0.29) is 17.8 Å². The van der Waals surface area contributed by atoms with E-state index in [0.29, 0.717) is 35.8 Å². The minimum atomic E-state index is -0.480. The Kier molecular flexibility index (Phi) is 5.73. The van der Waals surface area contributed by atoms with Crippen molar-refractivity contribution in [3.8, 4) is 11.4 Å². The molecule has 5 heterocycles. The molecule has 1 fully saturated rings. The number of fused-ring (bicyclic) bond motifs is 4. The van der Waals surface area contributed by atoms with Crippen LogP contribution in [0.2, 0.25) is 0 Å². The summed E-state index contributed by atoms with van der Waals surface area (Å²) in [5.74, 6) is 0.151. The molecule has 0 bridgehead atoms. The molecule has 2 N–H and O–H groups in total. The lowest BCUT2D eigenvalue weighted by Gasteiger charge is -2.32. The van der Waals surface area contributed by atoms with Gasteiger partial charge in [0.1, 0.15) is 11.4 Å². The van der Waals surface area contributed by atoms with E-state index in [1.807, 2.05) is 18.0 Å². The lowest BCUT2D eigenvalue weighted by atomic mass is 9.91. The number of carbonyl (C=O) groups is 1. The first-order chi connectivity index (χ1) is 19.0. The number of nitrogens with one attached hydrogen (secondary N) is 2. The van der Waals surface area contributed by atoms with Crippen LogP contribution in [-0.2, 0) is 12.8 Å². The Bertz CT molecular complexity index is 1700. The molecule has 1 aromatic carbocycles. The average Bonchev–Trinajstić information content (AvgIpc) is 3.55. The maximum atomic E-state index is 14.1. The number of hydrogen-bond acceptors (Lipinski definition) is 7. The normalized spacial score (nSPS) is 18.0. The van der Waals surface area contributed by atoms with Gasteiger partial charge in [0.25, 0.3) is 5.91 Å². The van der Waals surface area contributed by atoms with E-state index in [4.69, 9.17) is 4.98 Å². The van der Waals surface area contributed by atoms with Gasteiger partial charge in [-0.1, -0.05) is 18.2 Å². The molecule has 1 aliphatic heterocycles. The first-order valence-electron chi connectivity index (χ1n) is 13.2. The summed E-state index contributed by atoms with van der Waals surface area (Å²) in [6, 6.07) is 9.79. The number of aromatic amines is 1. The molecule has 1 amide bonds. The molecule has 5 aromatic rings. The third-order valence-corrected chi connectivity index (χ3v) is 7.78. The van der Waals surface area contributed by atoms with E-state index >= 15 is 0 Å². The highest BCUT2D eigenvalue weighted by atomic mass is 19.1. The maximum absolute atomic E-state index is 14.1. The molecular weight excluding hydrogens is 497 g/mol. The van der Waals surface area contributed by atoms with Crippen molar-refractivity contribution in [3.63, 3.8) is 0 Å². The summed E-state index contributed by atoms with van der Waals surface area (Å²) in [7, 11) is 2.05. The first kappa shape index (κ1) is 23.7. The fourth-order valence-corrected chi connectivity index (χ4v) is 5.64. The van der Waals surface area contributed by atoms with Crippen LogP contribution in [0.5, 0.6) is 0 Å². The quantitative estimate of drug-likeness (QED) is 0.371. The van der Waals surface area contributed by atoms with Crippen molar-refractivity contribution in [3.05, 3.63) is 71.6 Å². The zero-order chi connectivity index (χ0) is 26.5. The molecule has 1 atom stereocenters. The van der Waals surface area contributed by atoms with Crippen molar-refractivity contribution in [2.24, 2.45) is 0 Å². The summed E-state index contributed by atoms with van der Waals surface area (Å²) in [5, 5.41) is 9.33. The Balaban J connectivity index is 1.27. The number of pyridine rings is 1. The lowest BCUT2D eigenvalue weighted by Crippen LogP contribution is -2.47. The standard InChI is InChI=1S/C28H28FN9O/c1-36-8-10-37(11-9-36)27(39)22-16-31-38-26(22)34-25(17-12-18(29)15-30-14-17)35-28(38)32-19-6-7-24-21(13-19)20-4-2-3-5-23(20)33-24/h2-5,12,14-16,19,33H,6-11,13H2,1H3,(H,32,34,35). The SMILES string of the molecule is CN1CCN(C(=O)c2cnn3c(NC4CCc5[nH]c6ccccc6c5C4)nc(-c4cncc(F)c4)nc23)CC1. The Hall–Kier alpha value is -4.38. The summed E-state index contributed by atoms with van der Waals surface area (Å²) < 4.78 is 15.7. The van der Waals surface area contributed by atoms with Crippen LogP contribution in [0.4, 0.5) is 10.3 Å². The van der Waals surface area contributed by atoms with Gasteiger partial charge in [0.15, 0.2) is 11.5 Å². The topological polar surface area (TPSA) is 107 Å². The van der Waals surface area contributed by atoms with Gasteiger partial charge in [-0.25, -0.2) is 9.37 Å². The van der Waals surface area contributed by atoms with E-state index in [0.717, 1.165) is 44.1 Å². The van der Waals surface area contributed by atoms with E-state index in [9.17, 15) is 9.18 Å². The third-order valence-electron chi connectivity index (χ3n) is 7.78. The van der Waals surface area contributed by atoms with Crippen LogP contribution < -0.4 is 5.32 Å². The Morgan fingerprint density at radius 3 is 2.79 bits per heavy atom. The Morgan fingerprint density at radius 1 is 1.10 bits per heavy atom. The number of carbonyl (C=O) groups excluding carboxylic acids is 1. The van der Waals surface area contributed by atoms with Crippen molar-refractivity contribution in [1.29, 1.82) is 0 Å². The largest absolute Gasteiger partial charge is 0.358 e. The highest BCUT2D eigenvalue weighted by Gasteiger charge is 2.27. The number of likely N-dealkylation sites (N-methyl/N-ethyl adjacent to an activating group) is 1. The van der Waals surface area contributed by atoms with Crippen LogP contribution in [-0.4, -0.2) is 84.5 Å². The maximum Gasteiger partial charge on any atom is 0.259 e. The minimum absolute atomic E-state index is 0.0919. The monoisotopic (exact) mass is 525 g/mol. The number of hydrogen-bond donors (Lipinski definition) is 2. The summed E-state index contributed by atoms with van der Waals surface area (Å²) in [6.45, 7) is 2.89. The number of aromatic nitrogens is 6. The predicted octanol–water partition coefficient (Wildman–Crippen LogP) is 3.16. The predicted molar refractivity (Wildman–Crippen MR) is 145 cm³/mol. The van der Waals surface area contributed by atoms with E-state index < -0.39 is 5.82 Å². The molecule has 1 saturated heterocycles. The number of H-pyrrole nitrogens is 1. The van der Waals surface area contributed by atoms with Crippen molar-refractivity contribution in [2.75, 3.05) is 38.5 Å². The van der Waals surface area contributed by atoms with Gasteiger partial charge in [0.05, 0.1) is 12.4 Å². The summed E-state index contributed by atoms with van der Waals surface area (Å²) in [6.07, 6.45) is 6.84. The van der Waals surface area contributed by atoms with Gasteiger partial charge in [-0.05, 0) is 44.0 Å². The highest BCUT2D eigenvalue weighted by molar-refractivity contribution is 6.00. The molecule has 4 aromatic heterocycles. The zero-order valence-corrected chi connectivity index (χ0v) is 21.6. The fraction of sp³-hybridized carbons (Fsp3) is 0.321. The van der Waals surface area contributed by atoms with Crippen molar-refractivity contribution >= 4 is 28.4 Å². The smallest absolute Gasteiger partial charge is 0.259 e. The molecular formula is C28H28FN9O. The van der Waals surface area contributed by atoms with E-state index in [1.54, 1.807) is 10.7 Å². The molecule has 0 radical (unpaired) electrons. The second-order valence-electron chi connectivity index (χ2n) is 10.4. The second kappa shape index (κ2) is 9.42. The number of halogens is 1. The van der Waals surface area contributed by atoms with Crippen LogP contribution in [0.1, 0.15) is 28.0 Å². The number of aryl methyl sites for hydroxylation is 1. The van der Waals surface area contributed by atoms with Crippen LogP contribution in [0, 0.1) is 5.82 Å². The molecule has 2 aliphatic rings. The van der Waals surface area contributed by atoms with Crippen LogP contribution in [0.15, 0.2) is 48.9 Å². The van der Waals surface area contributed by atoms with Gasteiger partial charge < -0.3 is 20.1 Å². The number of rotatable bonds is 4. The van der Waals surface area contributed by atoms with Crippen molar-refractivity contribution < 1.29 is 9.18 Å². The average molecular weight is 526 g/mol. The van der Waals surface area contributed by atoms with Gasteiger partial charge in [-0.15, -0.1) is 0 Å².